The summed E-state index contributed by atoms with van der Waals surface area (Å²) >= 11 is 0. The van der Waals surface area contributed by atoms with Crippen LogP contribution in [0.2, 0.25) is 0 Å². The Labute approximate surface area is 180 Å². The third kappa shape index (κ3) is 4.56. The zero-order valence-electron chi connectivity index (χ0n) is 18.6. The van der Waals surface area contributed by atoms with Crippen molar-refractivity contribution in [2.45, 2.75) is 40.5 Å². The predicted molar refractivity (Wildman–Crippen MR) is 130 cm³/mol. The fraction of sp³-hybridized carbons (Fsp3) is 0.296. The quantitative estimate of drug-likeness (QED) is 0.541. The van der Waals surface area contributed by atoms with Crippen LogP contribution < -0.4 is 20.1 Å². The summed E-state index contributed by atoms with van der Waals surface area (Å²) in [6, 6.07) is 13.0. The smallest absolute Gasteiger partial charge is 0.137 e. The summed E-state index contributed by atoms with van der Waals surface area (Å²) in [7, 11) is 0. The number of rotatable bonds is 8. The van der Waals surface area contributed by atoms with Crippen LogP contribution in [0.1, 0.15) is 46.1 Å². The van der Waals surface area contributed by atoms with Crippen LogP contribution in [0.25, 0.3) is 11.6 Å². The number of nitrogens with zero attached hydrogens (tertiary/aromatic N) is 2. The van der Waals surface area contributed by atoms with E-state index in [4.69, 9.17) is 4.74 Å². The van der Waals surface area contributed by atoms with Crippen molar-refractivity contribution in [1.82, 2.24) is 0 Å². The molecular formula is C27H32N2O. The largest absolute Gasteiger partial charge is 0.456 e. The lowest BCUT2D eigenvalue weighted by Gasteiger charge is -2.25. The van der Waals surface area contributed by atoms with Crippen molar-refractivity contribution in [1.29, 1.82) is 0 Å². The maximum atomic E-state index is 6.43. The highest BCUT2D eigenvalue weighted by molar-refractivity contribution is 5.85. The Bertz CT molecular complexity index is 1090. The molecule has 3 nitrogen and oxygen atoms in total. The van der Waals surface area contributed by atoms with Gasteiger partial charge in [-0.3, -0.25) is 4.99 Å². The minimum atomic E-state index is 0.898. The molecule has 1 aliphatic heterocycles. The summed E-state index contributed by atoms with van der Waals surface area (Å²) in [4.78, 5) is 6.69. The summed E-state index contributed by atoms with van der Waals surface area (Å²) in [6.07, 6.45) is 9.75. The highest BCUT2D eigenvalue weighted by Crippen LogP contribution is 2.38. The van der Waals surface area contributed by atoms with Crippen molar-refractivity contribution >= 4 is 23.6 Å². The molecule has 0 N–H and O–H groups in total. The zero-order valence-corrected chi connectivity index (χ0v) is 18.6. The van der Waals surface area contributed by atoms with Gasteiger partial charge in [0.05, 0.1) is 0 Å². The molecule has 0 radical (unpaired) electrons. The Kier molecular flexibility index (Phi) is 7.29. The molecule has 2 aromatic rings. The molecule has 30 heavy (non-hydrogen) atoms. The first kappa shape index (κ1) is 21.6. The van der Waals surface area contributed by atoms with E-state index < -0.39 is 0 Å². The molecule has 0 amide bonds. The summed E-state index contributed by atoms with van der Waals surface area (Å²) in [5, 5.41) is 2.30. The van der Waals surface area contributed by atoms with Gasteiger partial charge in [0, 0.05) is 53.6 Å². The second-order valence-electron chi connectivity index (χ2n) is 7.42. The molecule has 0 saturated heterocycles. The Morgan fingerprint density at radius 2 is 1.87 bits per heavy atom. The minimum Gasteiger partial charge on any atom is -0.456 e. The first-order chi connectivity index (χ1) is 14.6. The second kappa shape index (κ2) is 10.1. The fourth-order valence-electron chi connectivity index (χ4n) is 3.82. The standard InChI is InChI=1S/C27H32N2O/c1-6-10-11-21-12-14-23-25(17-21)30-26-18-22(29(8-3)9-4)13-15-24(26)27(23)20(5)19-28-16-7-2/h7,11-19H,2,6,8-10H2,1,3-5H3/b20-19+,21-11-,28-16?. The van der Waals surface area contributed by atoms with Gasteiger partial charge < -0.3 is 9.64 Å². The topological polar surface area (TPSA) is 24.8 Å². The third-order valence-corrected chi connectivity index (χ3v) is 5.38. The van der Waals surface area contributed by atoms with E-state index in [1.54, 1.807) is 12.3 Å². The van der Waals surface area contributed by atoms with E-state index in [-0.39, 0.29) is 0 Å². The molecule has 0 unspecified atom stereocenters. The number of hydrogen-bond acceptors (Lipinski definition) is 3. The molecule has 2 aromatic carbocycles. The molecule has 3 heteroatoms. The number of aliphatic imine (C=N–C) groups is 1. The Balaban J connectivity index is 2.23. The molecule has 0 fully saturated rings. The van der Waals surface area contributed by atoms with Gasteiger partial charge in [0.15, 0.2) is 0 Å². The molecule has 1 heterocycles. The highest BCUT2D eigenvalue weighted by atomic mass is 16.5. The van der Waals surface area contributed by atoms with Gasteiger partial charge in [-0.25, -0.2) is 0 Å². The molecule has 0 aliphatic carbocycles. The summed E-state index contributed by atoms with van der Waals surface area (Å²) in [6.45, 7) is 14.3. The zero-order chi connectivity index (χ0) is 21.5. The van der Waals surface area contributed by atoms with E-state index in [0.717, 1.165) is 53.8 Å². The van der Waals surface area contributed by atoms with Crippen LogP contribution in [-0.4, -0.2) is 19.3 Å². The summed E-state index contributed by atoms with van der Waals surface area (Å²) < 4.78 is 6.43. The number of fused-ring (bicyclic) bond motifs is 2. The average Bonchev–Trinajstić information content (AvgIpc) is 2.76. The summed E-state index contributed by atoms with van der Waals surface area (Å²) in [5.74, 6) is 1.80. The minimum absolute atomic E-state index is 0.898. The first-order valence-corrected chi connectivity index (χ1v) is 10.9. The predicted octanol–water partition coefficient (Wildman–Crippen LogP) is 5.58. The van der Waals surface area contributed by atoms with E-state index in [1.807, 2.05) is 6.20 Å². The number of anilines is 1. The van der Waals surface area contributed by atoms with Crippen LogP contribution in [-0.2, 0) is 0 Å². The lowest BCUT2D eigenvalue weighted by Crippen LogP contribution is -2.23. The first-order valence-electron chi connectivity index (χ1n) is 10.9. The highest BCUT2D eigenvalue weighted by Gasteiger charge is 2.21. The van der Waals surface area contributed by atoms with Gasteiger partial charge in [-0.1, -0.05) is 44.2 Å². The molecule has 0 saturated carbocycles. The Morgan fingerprint density at radius 3 is 2.57 bits per heavy atom. The van der Waals surface area contributed by atoms with Gasteiger partial charge in [0.2, 0.25) is 0 Å². The van der Waals surface area contributed by atoms with Crippen molar-refractivity contribution in [3.8, 4) is 11.5 Å². The molecule has 0 aromatic heterocycles. The summed E-state index contributed by atoms with van der Waals surface area (Å²) in [5.41, 5.74) is 4.55. The van der Waals surface area contributed by atoms with Gasteiger partial charge in [0.1, 0.15) is 11.5 Å². The van der Waals surface area contributed by atoms with Crippen molar-refractivity contribution in [2.75, 3.05) is 18.0 Å². The number of allylic oxidation sites excluding steroid dienone is 2. The third-order valence-electron chi connectivity index (χ3n) is 5.38. The molecule has 0 atom stereocenters. The SMILES string of the molecule is C=CC=N/C=C(\C)C1=c2cc/c(=C/CCC)cc2Oc2cc(N(CC)CC)ccc21. The number of unbranched alkanes of at least 4 members (excludes halogenated alkanes) is 1. The molecule has 3 rings (SSSR count). The average molecular weight is 401 g/mol. The molecule has 0 bridgehead atoms. The lowest BCUT2D eigenvalue weighted by molar-refractivity contribution is 0.471. The van der Waals surface area contributed by atoms with Crippen LogP contribution in [0, 0.1) is 0 Å². The van der Waals surface area contributed by atoms with E-state index in [2.05, 4.69) is 86.6 Å². The molecule has 156 valence electrons. The van der Waals surface area contributed by atoms with Gasteiger partial charge in [-0.05, 0) is 56.2 Å². The van der Waals surface area contributed by atoms with Crippen molar-refractivity contribution in [3.63, 3.8) is 0 Å². The maximum Gasteiger partial charge on any atom is 0.137 e. The van der Waals surface area contributed by atoms with E-state index in [9.17, 15) is 0 Å². The monoisotopic (exact) mass is 400 g/mol. The molecule has 1 aliphatic rings. The van der Waals surface area contributed by atoms with Gasteiger partial charge in [-0.2, -0.15) is 0 Å². The van der Waals surface area contributed by atoms with Crippen LogP contribution >= 0.6 is 0 Å². The number of ether oxygens (including phenoxy) is 1. The number of hydrogen-bond donors (Lipinski definition) is 0. The van der Waals surface area contributed by atoms with E-state index in [0.29, 0.717) is 0 Å². The lowest BCUT2D eigenvalue weighted by atomic mass is 9.93. The van der Waals surface area contributed by atoms with Crippen LogP contribution in [0.15, 0.2) is 65.8 Å². The van der Waals surface area contributed by atoms with Crippen LogP contribution in [0.4, 0.5) is 5.69 Å². The second-order valence-corrected chi connectivity index (χ2v) is 7.42. The van der Waals surface area contributed by atoms with Gasteiger partial charge >= 0.3 is 0 Å². The maximum absolute atomic E-state index is 6.43. The normalized spacial score (nSPS) is 13.8. The molecular weight excluding hydrogens is 368 g/mol. The Morgan fingerprint density at radius 1 is 1.07 bits per heavy atom. The van der Waals surface area contributed by atoms with Crippen LogP contribution in [0.3, 0.4) is 0 Å². The van der Waals surface area contributed by atoms with E-state index in [1.165, 1.54) is 16.5 Å². The fourth-order valence-corrected chi connectivity index (χ4v) is 3.82. The van der Waals surface area contributed by atoms with Crippen molar-refractivity contribution < 1.29 is 4.74 Å². The van der Waals surface area contributed by atoms with E-state index >= 15 is 0 Å². The van der Waals surface area contributed by atoms with Crippen molar-refractivity contribution in [3.05, 3.63) is 76.8 Å². The van der Waals surface area contributed by atoms with Gasteiger partial charge in [-0.15, -0.1) is 0 Å². The number of benzene rings is 2. The Hall–Kier alpha value is -3.07. The van der Waals surface area contributed by atoms with Gasteiger partial charge in [0.25, 0.3) is 0 Å². The van der Waals surface area contributed by atoms with Crippen LogP contribution in [0.5, 0.6) is 11.5 Å². The van der Waals surface area contributed by atoms with Crippen molar-refractivity contribution in [2.24, 2.45) is 4.99 Å². The molecule has 0 spiro atoms.